The molecule has 0 aromatic heterocycles. The third-order valence-electron chi connectivity index (χ3n) is 5.60. The van der Waals surface area contributed by atoms with Gasteiger partial charge in [0.25, 0.3) is 0 Å². The van der Waals surface area contributed by atoms with Gasteiger partial charge in [0.15, 0.2) is 11.5 Å². The van der Waals surface area contributed by atoms with Crippen LogP contribution in [0.15, 0.2) is 36.4 Å². The van der Waals surface area contributed by atoms with Crippen molar-refractivity contribution in [2.75, 3.05) is 58.9 Å². The SMILES string of the molecule is COc1cc(C)c(CN(C)C(=O)CN2CCN(c3ccc(F)cc3)CC2)cc1OC. The van der Waals surface area contributed by atoms with Crippen molar-refractivity contribution < 1.29 is 18.7 Å². The molecule has 0 spiro atoms. The molecule has 2 aromatic carbocycles. The van der Waals surface area contributed by atoms with Gasteiger partial charge in [-0.3, -0.25) is 9.69 Å². The van der Waals surface area contributed by atoms with Crippen molar-refractivity contribution in [3.05, 3.63) is 53.3 Å². The van der Waals surface area contributed by atoms with Crippen LogP contribution in [0.25, 0.3) is 0 Å². The Kier molecular flexibility index (Phi) is 7.15. The fourth-order valence-corrected chi connectivity index (χ4v) is 3.66. The quantitative estimate of drug-likeness (QED) is 0.696. The third kappa shape index (κ3) is 5.21. The first-order chi connectivity index (χ1) is 14.4. The maximum atomic E-state index is 13.1. The van der Waals surface area contributed by atoms with Crippen molar-refractivity contribution >= 4 is 11.6 Å². The molecule has 0 saturated carbocycles. The number of aryl methyl sites for hydroxylation is 1. The highest BCUT2D eigenvalue weighted by atomic mass is 19.1. The highest BCUT2D eigenvalue weighted by molar-refractivity contribution is 5.78. The van der Waals surface area contributed by atoms with E-state index in [4.69, 9.17) is 9.47 Å². The van der Waals surface area contributed by atoms with E-state index >= 15 is 0 Å². The molecular formula is C23H30FN3O3. The van der Waals surface area contributed by atoms with Crippen LogP contribution >= 0.6 is 0 Å². The zero-order chi connectivity index (χ0) is 21.7. The molecule has 1 amide bonds. The number of hydrogen-bond donors (Lipinski definition) is 0. The Bertz CT molecular complexity index is 865. The maximum Gasteiger partial charge on any atom is 0.236 e. The monoisotopic (exact) mass is 415 g/mol. The van der Waals surface area contributed by atoms with Crippen LogP contribution in [-0.2, 0) is 11.3 Å². The van der Waals surface area contributed by atoms with Gasteiger partial charge >= 0.3 is 0 Å². The van der Waals surface area contributed by atoms with Gasteiger partial charge in [-0.1, -0.05) is 0 Å². The third-order valence-corrected chi connectivity index (χ3v) is 5.60. The van der Waals surface area contributed by atoms with Gasteiger partial charge in [0, 0.05) is 45.5 Å². The van der Waals surface area contributed by atoms with Crippen molar-refractivity contribution in [1.29, 1.82) is 0 Å². The molecule has 162 valence electrons. The minimum Gasteiger partial charge on any atom is -0.493 e. The van der Waals surface area contributed by atoms with Crippen LogP contribution in [0, 0.1) is 12.7 Å². The molecule has 2 aromatic rings. The number of amides is 1. The Morgan fingerprint density at radius 1 is 1.03 bits per heavy atom. The van der Waals surface area contributed by atoms with E-state index in [-0.39, 0.29) is 11.7 Å². The van der Waals surface area contributed by atoms with Gasteiger partial charge in [0.1, 0.15) is 5.82 Å². The maximum absolute atomic E-state index is 13.1. The molecule has 0 atom stereocenters. The fraction of sp³-hybridized carbons (Fsp3) is 0.435. The van der Waals surface area contributed by atoms with E-state index < -0.39 is 0 Å². The zero-order valence-corrected chi connectivity index (χ0v) is 18.2. The fourth-order valence-electron chi connectivity index (χ4n) is 3.66. The summed E-state index contributed by atoms with van der Waals surface area (Å²) in [5.41, 5.74) is 3.10. The number of likely N-dealkylation sites (N-methyl/N-ethyl adjacent to an activating group) is 1. The molecule has 1 heterocycles. The molecule has 1 fully saturated rings. The molecule has 7 heteroatoms. The summed E-state index contributed by atoms with van der Waals surface area (Å²) in [6.45, 7) is 6.14. The van der Waals surface area contributed by atoms with E-state index in [1.54, 1.807) is 31.3 Å². The van der Waals surface area contributed by atoms with Gasteiger partial charge in [-0.15, -0.1) is 0 Å². The second kappa shape index (κ2) is 9.80. The molecule has 0 unspecified atom stereocenters. The Balaban J connectivity index is 1.53. The van der Waals surface area contributed by atoms with Crippen LogP contribution in [0.4, 0.5) is 10.1 Å². The van der Waals surface area contributed by atoms with E-state index in [9.17, 15) is 9.18 Å². The Labute approximate surface area is 177 Å². The lowest BCUT2D eigenvalue weighted by Gasteiger charge is -2.36. The summed E-state index contributed by atoms with van der Waals surface area (Å²) in [6.07, 6.45) is 0. The van der Waals surface area contributed by atoms with Gasteiger partial charge in [0.05, 0.1) is 20.8 Å². The lowest BCUT2D eigenvalue weighted by Crippen LogP contribution is -2.49. The topological polar surface area (TPSA) is 45.2 Å². The van der Waals surface area contributed by atoms with Crippen LogP contribution in [0.2, 0.25) is 0 Å². The van der Waals surface area contributed by atoms with Crippen molar-refractivity contribution in [3.63, 3.8) is 0 Å². The summed E-state index contributed by atoms with van der Waals surface area (Å²) in [4.78, 5) is 18.9. The second-order valence-corrected chi connectivity index (χ2v) is 7.62. The van der Waals surface area contributed by atoms with Gasteiger partial charge in [-0.05, 0) is 54.4 Å². The van der Waals surface area contributed by atoms with E-state index in [1.807, 2.05) is 26.1 Å². The first kappa shape index (κ1) is 21.9. The number of rotatable bonds is 7. The molecule has 1 aliphatic rings. The first-order valence-corrected chi connectivity index (χ1v) is 10.1. The van der Waals surface area contributed by atoms with Gasteiger partial charge in [-0.2, -0.15) is 0 Å². The zero-order valence-electron chi connectivity index (χ0n) is 18.2. The molecule has 6 nitrogen and oxygen atoms in total. The minimum absolute atomic E-state index is 0.0828. The molecule has 0 aliphatic carbocycles. The van der Waals surface area contributed by atoms with Gasteiger partial charge in [-0.25, -0.2) is 4.39 Å². The molecule has 1 saturated heterocycles. The van der Waals surface area contributed by atoms with E-state index in [2.05, 4.69) is 9.80 Å². The summed E-state index contributed by atoms with van der Waals surface area (Å²) in [5.74, 6) is 1.21. The summed E-state index contributed by atoms with van der Waals surface area (Å²) in [7, 11) is 5.05. The molecule has 3 rings (SSSR count). The normalized spacial score (nSPS) is 14.5. The Hall–Kier alpha value is -2.80. The summed E-state index contributed by atoms with van der Waals surface area (Å²) in [6, 6.07) is 10.4. The number of carbonyl (C=O) groups excluding carboxylic acids is 1. The van der Waals surface area contributed by atoms with Gasteiger partial charge in [0.2, 0.25) is 5.91 Å². The van der Waals surface area contributed by atoms with Crippen LogP contribution in [0.3, 0.4) is 0 Å². The average Bonchev–Trinajstić information content (AvgIpc) is 2.75. The van der Waals surface area contributed by atoms with E-state index in [0.29, 0.717) is 24.6 Å². The number of nitrogens with zero attached hydrogens (tertiary/aromatic N) is 3. The predicted octanol–water partition coefficient (Wildman–Crippen LogP) is 2.93. The number of halogens is 1. The summed E-state index contributed by atoms with van der Waals surface area (Å²) >= 11 is 0. The highest BCUT2D eigenvalue weighted by Crippen LogP contribution is 2.30. The number of piperazine rings is 1. The molecule has 0 N–H and O–H groups in total. The van der Waals surface area contributed by atoms with Crippen LogP contribution in [-0.4, -0.2) is 69.7 Å². The number of hydrogen-bond acceptors (Lipinski definition) is 5. The van der Waals surface area contributed by atoms with Gasteiger partial charge < -0.3 is 19.3 Å². The van der Waals surface area contributed by atoms with Crippen molar-refractivity contribution in [1.82, 2.24) is 9.80 Å². The molecule has 30 heavy (non-hydrogen) atoms. The number of benzene rings is 2. The Morgan fingerprint density at radius 3 is 2.23 bits per heavy atom. The van der Waals surface area contributed by atoms with E-state index in [0.717, 1.165) is 43.0 Å². The first-order valence-electron chi connectivity index (χ1n) is 10.1. The summed E-state index contributed by atoms with van der Waals surface area (Å²) < 4.78 is 23.8. The lowest BCUT2D eigenvalue weighted by atomic mass is 10.1. The van der Waals surface area contributed by atoms with Crippen molar-refractivity contribution in [2.45, 2.75) is 13.5 Å². The molecular weight excluding hydrogens is 385 g/mol. The number of anilines is 1. The standard InChI is InChI=1S/C23H30FN3O3/c1-17-13-21(29-3)22(30-4)14-18(17)15-25(2)23(28)16-26-9-11-27(12-10-26)20-7-5-19(24)6-8-20/h5-8,13-14H,9-12,15-16H2,1-4H3. The molecule has 1 aliphatic heterocycles. The number of methoxy groups -OCH3 is 2. The van der Waals surface area contributed by atoms with Crippen LogP contribution in [0.5, 0.6) is 11.5 Å². The smallest absolute Gasteiger partial charge is 0.236 e. The lowest BCUT2D eigenvalue weighted by molar-refractivity contribution is -0.131. The minimum atomic E-state index is -0.226. The van der Waals surface area contributed by atoms with Crippen LogP contribution in [0.1, 0.15) is 11.1 Å². The average molecular weight is 416 g/mol. The van der Waals surface area contributed by atoms with Crippen molar-refractivity contribution in [2.24, 2.45) is 0 Å². The van der Waals surface area contributed by atoms with Crippen LogP contribution < -0.4 is 14.4 Å². The number of carbonyl (C=O) groups is 1. The Morgan fingerprint density at radius 2 is 1.63 bits per heavy atom. The second-order valence-electron chi connectivity index (χ2n) is 7.62. The largest absolute Gasteiger partial charge is 0.493 e. The van der Waals surface area contributed by atoms with Crippen molar-refractivity contribution in [3.8, 4) is 11.5 Å². The number of ether oxygens (including phenoxy) is 2. The molecule has 0 radical (unpaired) electrons. The molecule has 0 bridgehead atoms. The van der Waals surface area contributed by atoms with E-state index in [1.165, 1.54) is 12.1 Å². The summed E-state index contributed by atoms with van der Waals surface area (Å²) in [5, 5.41) is 0. The predicted molar refractivity (Wildman–Crippen MR) is 116 cm³/mol. The highest BCUT2D eigenvalue weighted by Gasteiger charge is 2.21.